The van der Waals surface area contributed by atoms with Crippen LogP contribution in [-0.2, 0) is 0 Å². The minimum atomic E-state index is -0.400. The first kappa shape index (κ1) is 14.1. The fraction of sp³-hybridized carbons (Fsp3) is 0.600. The lowest BCUT2D eigenvalue weighted by Crippen LogP contribution is -2.53. The van der Waals surface area contributed by atoms with Gasteiger partial charge in [-0.3, -0.25) is 10.1 Å². The highest BCUT2D eigenvalue weighted by molar-refractivity contribution is 5.65. The maximum atomic E-state index is 11.0. The van der Waals surface area contributed by atoms with Gasteiger partial charge in [0.1, 0.15) is 11.4 Å². The second kappa shape index (κ2) is 4.87. The van der Waals surface area contributed by atoms with Crippen molar-refractivity contribution in [1.82, 2.24) is 0 Å². The normalized spacial score (nSPS) is 27.1. The van der Waals surface area contributed by atoms with Crippen LogP contribution in [0, 0.1) is 10.1 Å². The summed E-state index contributed by atoms with van der Waals surface area (Å²) in [7, 11) is 0. The van der Waals surface area contributed by atoms with Crippen LogP contribution in [0.4, 0.5) is 11.4 Å². The molecule has 1 aliphatic carbocycles. The molecule has 0 radical (unpaired) electrons. The number of fused-ring (bicyclic) bond motifs is 1. The second-order valence-electron chi connectivity index (χ2n) is 6.46. The van der Waals surface area contributed by atoms with Gasteiger partial charge in [-0.15, -0.1) is 0 Å². The Hall–Kier alpha value is -1.82. The van der Waals surface area contributed by atoms with Gasteiger partial charge in [0.15, 0.2) is 0 Å². The van der Waals surface area contributed by atoms with Crippen LogP contribution < -0.4 is 9.64 Å². The zero-order valence-electron chi connectivity index (χ0n) is 12.3. The van der Waals surface area contributed by atoms with Gasteiger partial charge in [0, 0.05) is 12.1 Å². The highest BCUT2D eigenvalue weighted by Gasteiger charge is 2.40. The van der Waals surface area contributed by atoms with E-state index in [4.69, 9.17) is 4.74 Å². The van der Waals surface area contributed by atoms with E-state index in [2.05, 4.69) is 4.90 Å². The Kier molecular flexibility index (Phi) is 3.28. The SMILES string of the molecule is CC1(C)CN([C@H]2CCC[C@H]2O)c2cc([N+](=O)[O-])ccc2O1. The van der Waals surface area contributed by atoms with Crippen LogP contribution in [0.3, 0.4) is 0 Å². The lowest BCUT2D eigenvalue weighted by atomic mass is 10.0. The van der Waals surface area contributed by atoms with E-state index in [1.807, 2.05) is 13.8 Å². The quantitative estimate of drug-likeness (QED) is 0.669. The van der Waals surface area contributed by atoms with E-state index in [0.29, 0.717) is 12.3 Å². The van der Waals surface area contributed by atoms with Crippen LogP contribution in [0.5, 0.6) is 5.75 Å². The number of nitro groups is 1. The standard InChI is InChI=1S/C15H20N2O4/c1-15(2)9-16(11-4-3-5-13(11)18)12-8-10(17(19)20)6-7-14(12)21-15/h6-8,11,13,18H,3-5,9H2,1-2H3/t11-,13+/m0/s1. The molecule has 0 amide bonds. The van der Waals surface area contributed by atoms with Crippen molar-refractivity contribution < 1.29 is 14.8 Å². The van der Waals surface area contributed by atoms with E-state index in [-0.39, 0.29) is 23.4 Å². The molecule has 1 aromatic carbocycles. The summed E-state index contributed by atoms with van der Waals surface area (Å²) >= 11 is 0. The molecule has 1 N–H and O–H groups in total. The number of ether oxygens (including phenoxy) is 1. The number of nitro benzene ring substituents is 1. The van der Waals surface area contributed by atoms with Crippen LogP contribution in [0.25, 0.3) is 0 Å². The van der Waals surface area contributed by atoms with Crippen molar-refractivity contribution in [3.05, 3.63) is 28.3 Å². The molecule has 1 heterocycles. The van der Waals surface area contributed by atoms with E-state index in [0.717, 1.165) is 24.9 Å². The van der Waals surface area contributed by atoms with Crippen LogP contribution in [-0.4, -0.2) is 34.3 Å². The van der Waals surface area contributed by atoms with Crippen molar-refractivity contribution in [2.75, 3.05) is 11.4 Å². The molecule has 1 saturated carbocycles. The maximum absolute atomic E-state index is 11.0. The van der Waals surface area contributed by atoms with Crippen molar-refractivity contribution in [2.45, 2.75) is 50.9 Å². The Bertz CT molecular complexity index is 573. The summed E-state index contributed by atoms with van der Waals surface area (Å²) in [5.41, 5.74) is 0.384. The summed E-state index contributed by atoms with van der Waals surface area (Å²) < 4.78 is 5.93. The molecule has 1 fully saturated rings. The molecule has 1 aliphatic heterocycles. The summed E-state index contributed by atoms with van der Waals surface area (Å²) in [5, 5.41) is 21.2. The highest BCUT2D eigenvalue weighted by Crippen LogP contribution is 2.42. The third kappa shape index (κ3) is 2.55. The lowest BCUT2D eigenvalue weighted by Gasteiger charge is -2.44. The maximum Gasteiger partial charge on any atom is 0.271 e. The van der Waals surface area contributed by atoms with Gasteiger partial charge >= 0.3 is 0 Å². The summed E-state index contributed by atoms with van der Waals surface area (Å²) in [5.74, 6) is 0.649. The van der Waals surface area contributed by atoms with Crippen LogP contribution in [0.1, 0.15) is 33.1 Å². The number of non-ortho nitro benzene ring substituents is 1. The highest BCUT2D eigenvalue weighted by atomic mass is 16.6. The summed E-state index contributed by atoms with van der Waals surface area (Å²) in [4.78, 5) is 12.7. The Labute approximate surface area is 123 Å². The summed E-state index contributed by atoms with van der Waals surface area (Å²) in [6, 6.07) is 4.68. The van der Waals surface area contributed by atoms with E-state index in [1.54, 1.807) is 12.1 Å². The number of anilines is 1. The lowest BCUT2D eigenvalue weighted by molar-refractivity contribution is -0.384. The van der Waals surface area contributed by atoms with Crippen LogP contribution in [0.2, 0.25) is 0 Å². The number of hydrogen-bond acceptors (Lipinski definition) is 5. The molecule has 0 spiro atoms. The smallest absolute Gasteiger partial charge is 0.271 e. The van der Waals surface area contributed by atoms with E-state index < -0.39 is 4.92 Å². The van der Waals surface area contributed by atoms with E-state index in [1.165, 1.54) is 6.07 Å². The summed E-state index contributed by atoms with van der Waals surface area (Å²) in [6.07, 6.45) is 2.28. The zero-order chi connectivity index (χ0) is 15.2. The average Bonchev–Trinajstić information content (AvgIpc) is 2.82. The number of aliphatic hydroxyl groups is 1. The molecule has 2 aliphatic rings. The van der Waals surface area contributed by atoms with Gasteiger partial charge < -0.3 is 14.7 Å². The van der Waals surface area contributed by atoms with Crippen molar-refractivity contribution in [3.63, 3.8) is 0 Å². The molecule has 0 saturated heterocycles. The molecule has 0 unspecified atom stereocenters. The minimum Gasteiger partial charge on any atom is -0.484 e. The largest absolute Gasteiger partial charge is 0.484 e. The molecule has 114 valence electrons. The third-order valence-corrected chi connectivity index (χ3v) is 4.24. The Morgan fingerprint density at radius 2 is 2.19 bits per heavy atom. The Balaban J connectivity index is 2.04. The molecule has 6 nitrogen and oxygen atoms in total. The molecular formula is C15H20N2O4. The van der Waals surface area contributed by atoms with Gasteiger partial charge in [-0.2, -0.15) is 0 Å². The Morgan fingerprint density at radius 3 is 2.81 bits per heavy atom. The summed E-state index contributed by atoms with van der Waals surface area (Å²) in [6.45, 7) is 4.60. The molecule has 1 aromatic rings. The zero-order valence-corrected chi connectivity index (χ0v) is 12.3. The third-order valence-electron chi connectivity index (χ3n) is 4.24. The van der Waals surface area contributed by atoms with Crippen molar-refractivity contribution >= 4 is 11.4 Å². The molecule has 0 aromatic heterocycles. The van der Waals surface area contributed by atoms with Gasteiger partial charge in [-0.1, -0.05) is 0 Å². The predicted molar refractivity (Wildman–Crippen MR) is 78.8 cm³/mol. The van der Waals surface area contributed by atoms with Crippen molar-refractivity contribution in [2.24, 2.45) is 0 Å². The molecule has 2 atom stereocenters. The molecule has 3 rings (SSSR count). The number of nitrogens with zero attached hydrogens (tertiary/aromatic N) is 2. The first-order chi connectivity index (χ1) is 9.87. The van der Waals surface area contributed by atoms with E-state index >= 15 is 0 Å². The average molecular weight is 292 g/mol. The number of benzene rings is 1. The number of rotatable bonds is 2. The fourth-order valence-corrected chi connectivity index (χ4v) is 3.34. The topological polar surface area (TPSA) is 75.8 Å². The van der Waals surface area contributed by atoms with Crippen LogP contribution >= 0.6 is 0 Å². The fourth-order valence-electron chi connectivity index (χ4n) is 3.34. The monoisotopic (exact) mass is 292 g/mol. The first-order valence-corrected chi connectivity index (χ1v) is 7.29. The number of aliphatic hydroxyl groups excluding tert-OH is 1. The van der Waals surface area contributed by atoms with Gasteiger partial charge in [0.2, 0.25) is 0 Å². The second-order valence-corrected chi connectivity index (χ2v) is 6.46. The van der Waals surface area contributed by atoms with Crippen LogP contribution in [0.15, 0.2) is 18.2 Å². The van der Waals surface area contributed by atoms with Gasteiger partial charge in [0.25, 0.3) is 5.69 Å². The minimum absolute atomic E-state index is 0.00827. The predicted octanol–water partition coefficient (Wildman–Crippen LogP) is 2.49. The van der Waals surface area contributed by atoms with Gasteiger partial charge in [0.05, 0.1) is 29.3 Å². The number of hydrogen-bond donors (Lipinski definition) is 1. The molecule has 21 heavy (non-hydrogen) atoms. The van der Waals surface area contributed by atoms with E-state index in [9.17, 15) is 15.2 Å². The molecule has 6 heteroatoms. The van der Waals surface area contributed by atoms with Crippen molar-refractivity contribution in [1.29, 1.82) is 0 Å². The Morgan fingerprint density at radius 1 is 1.43 bits per heavy atom. The van der Waals surface area contributed by atoms with Gasteiger partial charge in [-0.25, -0.2) is 0 Å². The first-order valence-electron chi connectivity index (χ1n) is 7.29. The molecular weight excluding hydrogens is 272 g/mol. The molecule has 0 bridgehead atoms. The van der Waals surface area contributed by atoms with Crippen molar-refractivity contribution in [3.8, 4) is 5.75 Å². The van der Waals surface area contributed by atoms with Gasteiger partial charge in [-0.05, 0) is 39.2 Å².